The standard InChI is InChI=1S/C13H14N4OS/c1-2-17-8-19-12(13(17)18)7-14-10-4-3-9-6-15-16-11(9)5-10/h3-7,14H,2,8H2,1H3,(H,15,16). The average Bonchev–Trinajstić information content (AvgIpc) is 3.02. The lowest BCUT2D eigenvalue weighted by atomic mass is 10.2. The second-order valence-corrected chi connectivity index (χ2v) is 5.25. The molecular formula is C13H14N4OS. The van der Waals surface area contributed by atoms with Gasteiger partial charge >= 0.3 is 0 Å². The van der Waals surface area contributed by atoms with E-state index in [0.717, 1.165) is 33.9 Å². The number of H-pyrrole nitrogens is 1. The smallest absolute Gasteiger partial charge is 0.262 e. The van der Waals surface area contributed by atoms with Crippen LogP contribution in [0.1, 0.15) is 6.92 Å². The second kappa shape index (κ2) is 4.97. The lowest BCUT2D eigenvalue weighted by molar-refractivity contribution is -0.124. The van der Waals surface area contributed by atoms with Gasteiger partial charge in [0.15, 0.2) is 0 Å². The molecule has 2 N–H and O–H groups in total. The summed E-state index contributed by atoms with van der Waals surface area (Å²) in [4.78, 5) is 14.5. The Kier molecular flexibility index (Phi) is 3.16. The first kappa shape index (κ1) is 12.1. The van der Waals surface area contributed by atoms with Crippen molar-refractivity contribution in [3.8, 4) is 0 Å². The highest BCUT2D eigenvalue weighted by molar-refractivity contribution is 8.04. The predicted octanol–water partition coefficient (Wildman–Crippen LogP) is 2.37. The van der Waals surface area contributed by atoms with Gasteiger partial charge in [-0.25, -0.2) is 0 Å². The third kappa shape index (κ3) is 2.31. The van der Waals surface area contributed by atoms with Crippen LogP contribution in [0.4, 0.5) is 5.69 Å². The molecule has 0 atom stereocenters. The van der Waals surface area contributed by atoms with Crippen molar-refractivity contribution < 1.29 is 4.79 Å². The Labute approximate surface area is 115 Å². The van der Waals surface area contributed by atoms with E-state index in [1.807, 2.05) is 30.0 Å². The number of amides is 1. The normalized spacial score (nSPS) is 17.6. The van der Waals surface area contributed by atoms with Gasteiger partial charge in [-0.15, -0.1) is 0 Å². The van der Waals surface area contributed by atoms with Gasteiger partial charge in [-0.3, -0.25) is 9.89 Å². The van der Waals surface area contributed by atoms with Crippen LogP contribution in [0.25, 0.3) is 10.9 Å². The van der Waals surface area contributed by atoms with E-state index in [9.17, 15) is 4.79 Å². The summed E-state index contributed by atoms with van der Waals surface area (Å²) >= 11 is 1.56. The molecule has 6 heteroatoms. The van der Waals surface area contributed by atoms with E-state index < -0.39 is 0 Å². The van der Waals surface area contributed by atoms with Crippen molar-refractivity contribution in [3.05, 3.63) is 35.5 Å². The van der Waals surface area contributed by atoms with Crippen LogP contribution in [-0.4, -0.2) is 33.4 Å². The molecule has 3 rings (SSSR count). The molecule has 0 aliphatic carbocycles. The Morgan fingerprint density at radius 3 is 3.26 bits per heavy atom. The van der Waals surface area contributed by atoms with Crippen LogP contribution >= 0.6 is 11.8 Å². The minimum atomic E-state index is 0.0996. The third-order valence-electron chi connectivity index (χ3n) is 3.07. The predicted molar refractivity (Wildman–Crippen MR) is 77.6 cm³/mol. The molecule has 1 aromatic heterocycles. The molecule has 1 aliphatic rings. The van der Waals surface area contributed by atoms with Gasteiger partial charge in [-0.05, 0) is 25.1 Å². The first-order valence-electron chi connectivity index (χ1n) is 6.10. The zero-order valence-electron chi connectivity index (χ0n) is 10.5. The summed E-state index contributed by atoms with van der Waals surface area (Å²) in [6, 6.07) is 5.93. The summed E-state index contributed by atoms with van der Waals surface area (Å²) in [5.41, 5.74) is 1.91. The molecule has 1 aliphatic heterocycles. The molecule has 0 saturated carbocycles. The van der Waals surface area contributed by atoms with E-state index in [1.54, 1.807) is 24.2 Å². The van der Waals surface area contributed by atoms with Crippen molar-refractivity contribution in [2.45, 2.75) is 6.92 Å². The summed E-state index contributed by atoms with van der Waals surface area (Å²) in [6.07, 6.45) is 3.56. The molecule has 0 bridgehead atoms. The number of thioether (sulfide) groups is 1. The van der Waals surface area contributed by atoms with Gasteiger partial charge in [0, 0.05) is 23.8 Å². The number of carbonyl (C=O) groups is 1. The Morgan fingerprint density at radius 2 is 2.47 bits per heavy atom. The van der Waals surface area contributed by atoms with Gasteiger partial charge in [0.1, 0.15) is 0 Å². The topological polar surface area (TPSA) is 61.0 Å². The summed E-state index contributed by atoms with van der Waals surface area (Å²) in [5.74, 6) is 0.838. The number of rotatable bonds is 3. The van der Waals surface area contributed by atoms with E-state index >= 15 is 0 Å². The maximum atomic E-state index is 11.9. The second-order valence-electron chi connectivity index (χ2n) is 4.26. The van der Waals surface area contributed by atoms with Crippen LogP contribution in [0.15, 0.2) is 35.5 Å². The monoisotopic (exact) mass is 274 g/mol. The Morgan fingerprint density at radius 1 is 1.58 bits per heavy atom. The van der Waals surface area contributed by atoms with Gasteiger partial charge in [0.05, 0.1) is 22.5 Å². The van der Waals surface area contributed by atoms with E-state index in [2.05, 4.69) is 15.5 Å². The fourth-order valence-electron chi connectivity index (χ4n) is 1.94. The molecule has 19 heavy (non-hydrogen) atoms. The molecule has 0 radical (unpaired) electrons. The fourth-order valence-corrected chi connectivity index (χ4v) is 2.93. The highest BCUT2D eigenvalue weighted by atomic mass is 32.2. The van der Waals surface area contributed by atoms with E-state index in [1.165, 1.54) is 0 Å². The number of hydrogen-bond donors (Lipinski definition) is 2. The molecule has 0 unspecified atom stereocenters. The lowest BCUT2D eigenvalue weighted by Crippen LogP contribution is -2.24. The van der Waals surface area contributed by atoms with Gasteiger partial charge in [0.25, 0.3) is 5.91 Å². The summed E-state index contributed by atoms with van der Waals surface area (Å²) in [7, 11) is 0. The number of aromatic nitrogens is 2. The molecule has 1 aromatic carbocycles. The van der Waals surface area contributed by atoms with Crippen LogP contribution < -0.4 is 5.32 Å². The van der Waals surface area contributed by atoms with Crippen molar-refractivity contribution in [1.29, 1.82) is 0 Å². The molecule has 5 nitrogen and oxygen atoms in total. The van der Waals surface area contributed by atoms with Crippen LogP contribution in [0.3, 0.4) is 0 Å². The largest absolute Gasteiger partial charge is 0.360 e. The number of hydrogen-bond acceptors (Lipinski definition) is 4. The van der Waals surface area contributed by atoms with Gasteiger partial charge < -0.3 is 10.2 Å². The first-order chi connectivity index (χ1) is 9.28. The SMILES string of the molecule is CCN1CSC(=CNc2ccc3cn[nH]c3c2)C1=O. The Bertz CT molecular complexity index is 649. The van der Waals surface area contributed by atoms with Gasteiger partial charge in [0.2, 0.25) is 0 Å². The van der Waals surface area contributed by atoms with Gasteiger partial charge in [-0.1, -0.05) is 11.8 Å². The summed E-state index contributed by atoms with van der Waals surface area (Å²) < 4.78 is 0. The zero-order valence-corrected chi connectivity index (χ0v) is 11.3. The summed E-state index contributed by atoms with van der Waals surface area (Å²) in [5, 5.41) is 11.1. The maximum Gasteiger partial charge on any atom is 0.262 e. The number of carbonyl (C=O) groups excluding carboxylic acids is 1. The fraction of sp³-hybridized carbons (Fsp3) is 0.231. The molecule has 98 valence electrons. The zero-order chi connectivity index (χ0) is 13.2. The van der Waals surface area contributed by atoms with Crippen molar-refractivity contribution >= 4 is 34.3 Å². The average molecular weight is 274 g/mol. The van der Waals surface area contributed by atoms with Crippen LogP contribution in [-0.2, 0) is 4.79 Å². The van der Waals surface area contributed by atoms with Crippen LogP contribution in [0, 0.1) is 0 Å². The number of fused-ring (bicyclic) bond motifs is 1. The molecule has 1 amide bonds. The third-order valence-corrected chi connectivity index (χ3v) is 4.11. The molecule has 1 saturated heterocycles. The quantitative estimate of drug-likeness (QED) is 0.844. The van der Waals surface area contributed by atoms with E-state index in [4.69, 9.17) is 0 Å². The Hall–Kier alpha value is -1.95. The van der Waals surface area contributed by atoms with Crippen LogP contribution in [0.2, 0.25) is 0 Å². The summed E-state index contributed by atoms with van der Waals surface area (Å²) in [6.45, 7) is 2.74. The highest BCUT2D eigenvalue weighted by Gasteiger charge is 2.24. The minimum absolute atomic E-state index is 0.0996. The van der Waals surface area contributed by atoms with E-state index in [0.29, 0.717) is 0 Å². The number of anilines is 1. The van der Waals surface area contributed by atoms with Crippen molar-refractivity contribution in [2.75, 3.05) is 17.7 Å². The Balaban J connectivity index is 1.76. The number of nitrogens with zero attached hydrogens (tertiary/aromatic N) is 2. The minimum Gasteiger partial charge on any atom is -0.360 e. The van der Waals surface area contributed by atoms with E-state index in [-0.39, 0.29) is 5.91 Å². The lowest BCUT2D eigenvalue weighted by Gasteiger charge is -2.09. The molecular weight excluding hydrogens is 260 g/mol. The van der Waals surface area contributed by atoms with Gasteiger partial charge in [-0.2, -0.15) is 5.10 Å². The number of nitrogens with one attached hydrogen (secondary N) is 2. The van der Waals surface area contributed by atoms with Crippen molar-refractivity contribution in [3.63, 3.8) is 0 Å². The number of aromatic amines is 1. The molecule has 0 spiro atoms. The maximum absolute atomic E-state index is 11.9. The molecule has 2 aromatic rings. The number of likely N-dealkylation sites (N-methyl/N-ethyl adjacent to an activating group) is 1. The highest BCUT2D eigenvalue weighted by Crippen LogP contribution is 2.27. The number of benzene rings is 1. The molecule has 2 heterocycles. The first-order valence-corrected chi connectivity index (χ1v) is 7.08. The molecule has 1 fully saturated rings. The van der Waals surface area contributed by atoms with Crippen molar-refractivity contribution in [1.82, 2.24) is 15.1 Å². The van der Waals surface area contributed by atoms with Crippen molar-refractivity contribution in [2.24, 2.45) is 0 Å². The van der Waals surface area contributed by atoms with Crippen LogP contribution in [0.5, 0.6) is 0 Å².